The van der Waals surface area contributed by atoms with E-state index in [9.17, 15) is 0 Å². The minimum Gasteiger partial charge on any atom is -0.310 e. The van der Waals surface area contributed by atoms with Crippen molar-refractivity contribution >= 4 is 142 Å². The Hall–Kier alpha value is -14.8. The monoisotopic (exact) mass is 1420 g/mol. The third-order valence-electron chi connectivity index (χ3n) is 23.2. The number of fused-ring (bicyclic) bond motifs is 16. The van der Waals surface area contributed by atoms with Crippen molar-refractivity contribution in [2.45, 2.75) is 0 Å². The lowest BCUT2D eigenvalue weighted by Crippen LogP contribution is -2.10. The standard InChI is InChI=1S/C108H70N4/c1-4-21-71(22-5-1)72-43-55-86(56-44-72)110(105-39-20-40-106-108(105)98-34-15-17-38-103(98)112(106)83-29-8-3-9-30-83)87-59-49-77(50-60-87)100-69-81-42-41-80(68-99(81)97-63-52-75-24-11-13-32-91(75)107(97)100)79-26-18-25-78(67-79)73-45-53-84(54-46-73)109(88-61-66-104-101(70-88)96-33-14-16-37-102(96)111(104)82-27-6-2-7-28-82)85-57-47-76(48-58-85)90-35-19-36-92-93(90)64-65-94-89-31-12-10-23-74(89)51-62-95(92)94/h1-70H. The molecule has 2 heterocycles. The van der Waals surface area contributed by atoms with Gasteiger partial charge in [-0.25, -0.2) is 0 Å². The van der Waals surface area contributed by atoms with E-state index in [2.05, 4.69) is 444 Å². The molecule has 20 aromatic carbocycles. The molecule has 0 N–H and O–H groups in total. The van der Waals surface area contributed by atoms with Crippen molar-refractivity contribution in [1.29, 1.82) is 0 Å². The van der Waals surface area contributed by atoms with Crippen molar-refractivity contribution in [3.05, 3.63) is 425 Å². The van der Waals surface area contributed by atoms with Gasteiger partial charge < -0.3 is 18.9 Å². The van der Waals surface area contributed by atoms with Crippen molar-refractivity contribution in [2.24, 2.45) is 0 Å². The van der Waals surface area contributed by atoms with Crippen LogP contribution < -0.4 is 9.80 Å². The first-order valence-electron chi connectivity index (χ1n) is 38.6. The lowest BCUT2D eigenvalue weighted by Gasteiger charge is -2.27. The Kier molecular flexibility index (Phi) is 15.2. The molecule has 22 aromatic rings. The number of hydrogen-bond donors (Lipinski definition) is 0. The molecule has 0 unspecified atom stereocenters. The Morgan fingerprint density at radius 1 is 0.161 bits per heavy atom. The summed E-state index contributed by atoms with van der Waals surface area (Å²) in [5.41, 5.74) is 25.1. The molecule has 0 fully saturated rings. The van der Waals surface area contributed by atoms with Gasteiger partial charge in [0.15, 0.2) is 0 Å². The van der Waals surface area contributed by atoms with Crippen LogP contribution in [0.15, 0.2) is 425 Å². The Balaban J connectivity index is 0.621. The molecule has 22 rings (SSSR count). The maximum Gasteiger partial charge on any atom is 0.0562 e. The van der Waals surface area contributed by atoms with Crippen LogP contribution in [0.2, 0.25) is 0 Å². The highest BCUT2D eigenvalue weighted by molar-refractivity contribution is 6.24. The van der Waals surface area contributed by atoms with Crippen molar-refractivity contribution < 1.29 is 0 Å². The van der Waals surface area contributed by atoms with Crippen LogP contribution in [0.1, 0.15) is 0 Å². The second-order valence-electron chi connectivity index (χ2n) is 29.5. The highest BCUT2D eigenvalue weighted by Gasteiger charge is 2.24. The number of nitrogens with zero attached hydrogens (tertiary/aromatic N) is 4. The van der Waals surface area contributed by atoms with E-state index in [1.54, 1.807) is 0 Å². The number of aromatic nitrogens is 2. The van der Waals surface area contributed by atoms with E-state index >= 15 is 0 Å². The van der Waals surface area contributed by atoms with Gasteiger partial charge in [0.2, 0.25) is 0 Å². The van der Waals surface area contributed by atoms with Gasteiger partial charge in [0, 0.05) is 61.4 Å². The molecule has 0 atom stereocenters. The topological polar surface area (TPSA) is 16.3 Å². The van der Waals surface area contributed by atoms with E-state index < -0.39 is 0 Å². The van der Waals surface area contributed by atoms with Crippen LogP contribution >= 0.6 is 0 Å². The maximum absolute atomic E-state index is 2.45. The van der Waals surface area contributed by atoms with Crippen molar-refractivity contribution in [2.75, 3.05) is 9.80 Å². The predicted molar refractivity (Wildman–Crippen MR) is 477 cm³/mol. The molecule has 0 aliphatic carbocycles. The summed E-state index contributed by atoms with van der Waals surface area (Å²) in [5.74, 6) is 0. The predicted octanol–water partition coefficient (Wildman–Crippen LogP) is 30.1. The van der Waals surface area contributed by atoms with E-state index in [0.29, 0.717) is 0 Å². The summed E-state index contributed by atoms with van der Waals surface area (Å²) in [6.45, 7) is 0. The molecular weight excluding hydrogens is 1350 g/mol. The summed E-state index contributed by atoms with van der Waals surface area (Å²) in [5, 5.41) is 19.7. The largest absolute Gasteiger partial charge is 0.310 e. The van der Waals surface area contributed by atoms with Crippen molar-refractivity contribution in [3.63, 3.8) is 0 Å². The molecule has 0 radical (unpaired) electrons. The van der Waals surface area contributed by atoms with E-state index in [-0.39, 0.29) is 0 Å². The molecule has 112 heavy (non-hydrogen) atoms. The third kappa shape index (κ3) is 10.7. The van der Waals surface area contributed by atoms with Gasteiger partial charge in [-0.15, -0.1) is 0 Å². The smallest absolute Gasteiger partial charge is 0.0562 e. The summed E-state index contributed by atoms with van der Waals surface area (Å²) >= 11 is 0. The molecule has 522 valence electrons. The summed E-state index contributed by atoms with van der Waals surface area (Å²) in [6.07, 6.45) is 0. The highest BCUT2D eigenvalue weighted by Crippen LogP contribution is 2.49. The average Bonchev–Trinajstić information content (AvgIpc) is 1.55. The zero-order valence-corrected chi connectivity index (χ0v) is 61.2. The Morgan fingerprint density at radius 2 is 0.571 bits per heavy atom. The number of hydrogen-bond acceptors (Lipinski definition) is 2. The summed E-state index contributed by atoms with van der Waals surface area (Å²) in [4.78, 5) is 4.86. The molecule has 4 nitrogen and oxygen atoms in total. The third-order valence-corrected chi connectivity index (χ3v) is 23.2. The molecule has 2 aromatic heterocycles. The van der Waals surface area contributed by atoms with Gasteiger partial charge in [0.05, 0.1) is 27.8 Å². The lowest BCUT2D eigenvalue weighted by molar-refractivity contribution is 1.18. The van der Waals surface area contributed by atoms with Gasteiger partial charge in [-0.05, 0) is 254 Å². The second kappa shape index (κ2) is 26.5. The number of para-hydroxylation sites is 4. The van der Waals surface area contributed by atoms with Crippen LogP contribution in [-0.4, -0.2) is 9.13 Å². The fourth-order valence-corrected chi connectivity index (χ4v) is 18.0. The Morgan fingerprint density at radius 3 is 1.26 bits per heavy atom. The van der Waals surface area contributed by atoms with Crippen LogP contribution in [0.4, 0.5) is 34.1 Å². The summed E-state index contributed by atoms with van der Waals surface area (Å²) in [6, 6.07) is 157. The lowest BCUT2D eigenvalue weighted by atomic mass is 9.88. The number of anilines is 6. The second-order valence-corrected chi connectivity index (χ2v) is 29.5. The van der Waals surface area contributed by atoms with Crippen LogP contribution in [0.25, 0.3) is 175 Å². The fourth-order valence-electron chi connectivity index (χ4n) is 18.0. The van der Waals surface area contributed by atoms with Crippen LogP contribution in [0.5, 0.6) is 0 Å². The van der Waals surface area contributed by atoms with Gasteiger partial charge in [0.1, 0.15) is 0 Å². The Bertz CT molecular complexity index is 7450. The first-order chi connectivity index (χ1) is 55.5. The first kappa shape index (κ1) is 64.3. The summed E-state index contributed by atoms with van der Waals surface area (Å²) in [7, 11) is 0. The normalized spacial score (nSPS) is 11.8. The van der Waals surface area contributed by atoms with Gasteiger partial charge in [-0.1, -0.05) is 291 Å². The molecule has 0 saturated carbocycles. The molecule has 0 aliphatic heterocycles. The van der Waals surface area contributed by atoms with E-state index in [0.717, 1.165) is 78.8 Å². The average molecular weight is 1420 g/mol. The van der Waals surface area contributed by atoms with Crippen LogP contribution in [0, 0.1) is 0 Å². The van der Waals surface area contributed by atoms with Gasteiger partial charge in [0.25, 0.3) is 0 Å². The van der Waals surface area contributed by atoms with Crippen molar-refractivity contribution in [1.82, 2.24) is 9.13 Å². The first-order valence-corrected chi connectivity index (χ1v) is 38.6. The maximum atomic E-state index is 2.45. The number of rotatable bonds is 13. The fraction of sp³-hybridized carbons (Fsp3) is 0. The number of benzene rings is 20. The molecular formula is C108H70N4. The molecule has 0 amide bonds. The van der Waals surface area contributed by atoms with Crippen molar-refractivity contribution in [3.8, 4) is 67.0 Å². The highest BCUT2D eigenvalue weighted by atomic mass is 15.2. The summed E-state index contributed by atoms with van der Waals surface area (Å²) < 4.78 is 4.79. The van der Waals surface area contributed by atoms with E-state index in [1.165, 1.54) is 131 Å². The quantitative estimate of drug-likeness (QED) is 0.107. The minimum absolute atomic E-state index is 1.07. The van der Waals surface area contributed by atoms with E-state index in [4.69, 9.17) is 0 Å². The molecule has 4 heteroatoms. The zero-order valence-electron chi connectivity index (χ0n) is 61.2. The molecule has 0 spiro atoms. The minimum atomic E-state index is 1.07. The molecule has 0 bridgehead atoms. The van der Waals surface area contributed by atoms with Gasteiger partial charge in [-0.2, -0.15) is 0 Å². The zero-order chi connectivity index (χ0) is 73.7. The van der Waals surface area contributed by atoms with Gasteiger partial charge in [-0.3, -0.25) is 0 Å². The Labute approximate surface area is 648 Å². The van der Waals surface area contributed by atoms with Crippen LogP contribution in [0.3, 0.4) is 0 Å². The van der Waals surface area contributed by atoms with Gasteiger partial charge >= 0.3 is 0 Å². The SMILES string of the molecule is c1ccc(-c2ccc(N(c3ccc(-c4cc5ccc(-c6cccc(-c7ccc(N(c8ccc(-c9cccc%10c9ccc9c%11ccccc%11ccc%109)cc8)c8ccc9c(c8)c8ccccc8n9-c8ccccc8)cc7)c6)cc5c5ccc6ccccc6c45)cc3)c3cccc4c3c3ccccc3n4-c3ccccc3)cc2)cc1. The van der Waals surface area contributed by atoms with E-state index in [1.807, 2.05) is 0 Å². The molecule has 0 aliphatic rings. The van der Waals surface area contributed by atoms with Crippen LogP contribution in [-0.2, 0) is 0 Å². The molecule has 0 saturated heterocycles.